The molecule has 148 valence electrons. The lowest BCUT2D eigenvalue weighted by Crippen LogP contribution is -2.30. The smallest absolute Gasteiger partial charge is 0.265 e. The quantitative estimate of drug-likeness (QED) is 0.694. The van der Waals surface area contributed by atoms with Gasteiger partial charge in [-0.3, -0.25) is 4.79 Å². The molecule has 1 heterocycles. The minimum absolute atomic E-state index is 0.232. The van der Waals surface area contributed by atoms with E-state index in [4.69, 9.17) is 4.74 Å². The molecule has 0 spiro atoms. The summed E-state index contributed by atoms with van der Waals surface area (Å²) in [5, 5.41) is 13.3. The Morgan fingerprint density at radius 1 is 1.39 bits per heavy atom. The van der Waals surface area contributed by atoms with E-state index in [0.29, 0.717) is 22.2 Å². The maximum absolute atomic E-state index is 12.6. The maximum Gasteiger partial charge on any atom is 0.265 e. The van der Waals surface area contributed by atoms with Gasteiger partial charge in [-0.15, -0.1) is 11.3 Å². The van der Waals surface area contributed by atoms with Crippen LogP contribution in [0.5, 0.6) is 5.75 Å². The van der Waals surface area contributed by atoms with Crippen LogP contribution in [-0.2, 0) is 17.6 Å². The van der Waals surface area contributed by atoms with E-state index >= 15 is 0 Å². The normalized spacial score (nSPS) is 17.3. The zero-order valence-electron chi connectivity index (χ0n) is 17.0. The van der Waals surface area contributed by atoms with Crippen molar-refractivity contribution in [2.24, 2.45) is 11.3 Å². The number of para-hydroxylation sites is 1. The number of rotatable bonds is 6. The fourth-order valence-electron chi connectivity index (χ4n) is 3.72. The van der Waals surface area contributed by atoms with Crippen molar-refractivity contribution >= 4 is 22.2 Å². The van der Waals surface area contributed by atoms with Gasteiger partial charge >= 0.3 is 0 Å². The Bertz CT molecular complexity index is 880. The van der Waals surface area contributed by atoms with Crippen molar-refractivity contribution in [2.45, 2.75) is 59.5 Å². The van der Waals surface area contributed by atoms with Crippen molar-refractivity contribution in [3.8, 4) is 11.8 Å². The molecule has 1 aromatic carbocycles. The third-order valence-corrected chi connectivity index (χ3v) is 7.23. The molecule has 0 aliphatic heterocycles. The lowest BCUT2D eigenvalue weighted by Gasteiger charge is -2.36. The second-order valence-electron chi connectivity index (χ2n) is 8.16. The molecule has 4 nitrogen and oxygen atoms in total. The number of carbonyl (C=O) groups is 1. The number of nitrogens with zero attached hydrogens (tertiary/aromatic N) is 1. The number of ether oxygens (including phenoxy) is 1. The SMILES string of the molecule is CCC(C)(C)C1CCc2c(sc(NC(=O)C(C)Oc3ccccc3)c2C#N)C1. The average molecular weight is 397 g/mol. The van der Waals surface area contributed by atoms with Gasteiger partial charge in [0.15, 0.2) is 6.10 Å². The summed E-state index contributed by atoms with van der Waals surface area (Å²) in [6, 6.07) is 11.6. The van der Waals surface area contributed by atoms with E-state index in [9.17, 15) is 10.1 Å². The Labute approximate surface area is 171 Å². The minimum Gasteiger partial charge on any atom is -0.481 e. The van der Waals surface area contributed by atoms with E-state index in [2.05, 4.69) is 32.2 Å². The predicted octanol–water partition coefficient (Wildman–Crippen LogP) is 5.57. The first-order valence-electron chi connectivity index (χ1n) is 9.93. The number of hydrogen-bond donors (Lipinski definition) is 1. The standard InChI is InChI=1S/C23H28N2O2S/c1-5-23(3,4)16-11-12-18-19(14-24)22(28-20(18)13-16)25-21(26)15(2)27-17-9-7-6-8-10-17/h6-10,15-16H,5,11-13H2,1-4H3,(H,25,26). The molecule has 5 heteroatoms. The molecule has 0 radical (unpaired) electrons. The van der Waals surface area contributed by atoms with Gasteiger partial charge in [-0.2, -0.15) is 5.26 Å². The van der Waals surface area contributed by atoms with E-state index in [-0.39, 0.29) is 11.3 Å². The maximum atomic E-state index is 12.6. The molecule has 1 N–H and O–H groups in total. The highest BCUT2D eigenvalue weighted by atomic mass is 32.1. The fourth-order valence-corrected chi connectivity index (χ4v) is 5.00. The summed E-state index contributed by atoms with van der Waals surface area (Å²) in [5.74, 6) is 1.03. The van der Waals surface area contributed by atoms with Crippen LogP contribution in [0, 0.1) is 22.7 Å². The van der Waals surface area contributed by atoms with Gasteiger partial charge in [0.2, 0.25) is 0 Å². The number of anilines is 1. The molecule has 0 fully saturated rings. The Morgan fingerprint density at radius 3 is 2.75 bits per heavy atom. The van der Waals surface area contributed by atoms with Gasteiger partial charge in [-0.25, -0.2) is 0 Å². The van der Waals surface area contributed by atoms with Crippen molar-refractivity contribution in [3.63, 3.8) is 0 Å². The van der Waals surface area contributed by atoms with Crippen LogP contribution in [0.3, 0.4) is 0 Å². The first-order chi connectivity index (χ1) is 13.4. The van der Waals surface area contributed by atoms with E-state index < -0.39 is 6.10 Å². The van der Waals surface area contributed by atoms with Crippen LogP contribution < -0.4 is 10.1 Å². The Balaban J connectivity index is 1.75. The number of thiophene rings is 1. The zero-order chi connectivity index (χ0) is 20.3. The Hall–Kier alpha value is -2.32. The lowest BCUT2D eigenvalue weighted by molar-refractivity contribution is -0.122. The van der Waals surface area contributed by atoms with E-state index in [0.717, 1.165) is 31.2 Å². The molecule has 0 saturated heterocycles. The number of nitrogens with one attached hydrogen (secondary N) is 1. The first kappa shape index (κ1) is 20.4. The van der Waals surface area contributed by atoms with Gasteiger partial charge in [0.05, 0.1) is 5.56 Å². The van der Waals surface area contributed by atoms with Gasteiger partial charge < -0.3 is 10.1 Å². The highest BCUT2D eigenvalue weighted by Gasteiger charge is 2.34. The Morgan fingerprint density at radius 2 is 2.11 bits per heavy atom. The highest BCUT2D eigenvalue weighted by molar-refractivity contribution is 7.16. The molecular formula is C23H28N2O2S. The van der Waals surface area contributed by atoms with E-state index in [1.165, 1.54) is 4.88 Å². The largest absolute Gasteiger partial charge is 0.481 e. The van der Waals surface area contributed by atoms with Crippen LogP contribution >= 0.6 is 11.3 Å². The number of fused-ring (bicyclic) bond motifs is 1. The van der Waals surface area contributed by atoms with E-state index in [1.807, 2.05) is 30.3 Å². The van der Waals surface area contributed by atoms with Crippen molar-refractivity contribution in [2.75, 3.05) is 5.32 Å². The molecular weight excluding hydrogens is 368 g/mol. The topological polar surface area (TPSA) is 62.1 Å². The van der Waals surface area contributed by atoms with Crippen LogP contribution in [0.1, 0.15) is 56.5 Å². The van der Waals surface area contributed by atoms with Gasteiger partial charge in [-0.1, -0.05) is 45.4 Å². The van der Waals surface area contributed by atoms with Crippen LogP contribution in [0.4, 0.5) is 5.00 Å². The van der Waals surface area contributed by atoms with Crippen molar-refractivity contribution in [1.29, 1.82) is 5.26 Å². The fraction of sp³-hybridized carbons (Fsp3) is 0.478. The summed E-state index contributed by atoms with van der Waals surface area (Å²) in [4.78, 5) is 13.9. The summed E-state index contributed by atoms with van der Waals surface area (Å²) in [6.45, 7) is 8.62. The molecule has 0 bridgehead atoms. The molecule has 1 aromatic heterocycles. The molecule has 1 aliphatic carbocycles. The van der Waals surface area contributed by atoms with Crippen LogP contribution in [0.25, 0.3) is 0 Å². The molecule has 1 aliphatic rings. The summed E-state index contributed by atoms with van der Waals surface area (Å²) >= 11 is 1.56. The molecule has 3 rings (SSSR count). The molecule has 2 aromatic rings. The molecule has 0 saturated carbocycles. The minimum atomic E-state index is -0.639. The monoisotopic (exact) mass is 396 g/mol. The molecule has 28 heavy (non-hydrogen) atoms. The molecule has 2 atom stereocenters. The lowest BCUT2D eigenvalue weighted by atomic mass is 9.69. The predicted molar refractivity (Wildman–Crippen MR) is 114 cm³/mol. The van der Waals surface area contributed by atoms with Gasteiger partial charge in [-0.05, 0) is 55.2 Å². The number of nitriles is 1. The number of benzene rings is 1. The second-order valence-corrected chi connectivity index (χ2v) is 9.27. The molecule has 1 amide bonds. The van der Waals surface area contributed by atoms with Crippen molar-refractivity contribution in [1.82, 2.24) is 0 Å². The third kappa shape index (κ3) is 4.23. The first-order valence-corrected chi connectivity index (χ1v) is 10.7. The van der Waals surface area contributed by atoms with Crippen LogP contribution in [-0.4, -0.2) is 12.0 Å². The van der Waals surface area contributed by atoms with Gasteiger partial charge in [0, 0.05) is 4.88 Å². The van der Waals surface area contributed by atoms with Crippen molar-refractivity contribution in [3.05, 3.63) is 46.3 Å². The third-order valence-electron chi connectivity index (χ3n) is 6.06. The van der Waals surface area contributed by atoms with Crippen LogP contribution in [0.15, 0.2) is 30.3 Å². The van der Waals surface area contributed by atoms with Crippen LogP contribution in [0.2, 0.25) is 0 Å². The van der Waals surface area contributed by atoms with E-state index in [1.54, 1.807) is 18.3 Å². The average Bonchev–Trinajstić information content (AvgIpc) is 3.04. The zero-order valence-corrected chi connectivity index (χ0v) is 17.9. The van der Waals surface area contributed by atoms with Gasteiger partial charge in [0.25, 0.3) is 5.91 Å². The second kappa shape index (κ2) is 8.36. The summed E-state index contributed by atoms with van der Waals surface area (Å²) in [5.41, 5.74) is 2.05. The molecule has 2 unspecified atom stereocenters. The van der Waals surface area contributed by atoms with Gasteiger partial charge in [0.1, 0.15) is 16.8 Å². The van der Waals surface area contributed by atoms with Crippen molar-refractivity contribution < 1.29 is 9.53 Å². The highest BCUT2D eigenvalue weighted by Crippen LogP contribution is 2.45. The number of hydrogen-bond acceptors (Lipinski definition) is 4. The number of amides is 1. The number of carbonyl (C=O) groups excluding carboxylic acids is 1. The summed E-state index contributed by atoms with van der Waals surface area (Å²) in [7, 11) is 0. The summed E-state index contributed by atoms with van der Waals surface area (Å²) < 4.78 is 5.71. The Kier molecular flexibility index (Phi) is 6.10. The summed E-state index contributed by atoms with van der Waals surface area (Å²) in [6.07, 6.45) is 3.50.